The summed E-state index contributed by atoms with van der Waals surface area (Å²) in [5.74, 6) is 1.36. The van der Waals surface area contributed by atoms with E-state index in [0.717, 1.165) is 22.0 Å². The first kappa shape index (κ1) is 20.0. The Morgan fingerprint density at radius 1 is 1.13 bits per heavy atom. The number of anilines is 2. The van der Waals surface area contributed by atoms with E-state index in [0.29, 0.717) is 23.1 Å². The SMILES string of the molecule is COc1ncc(C(C)(C)N)c2cc(Nc3ccc4c(n3)[C@H](C)[C@H](C)OC4=O)ncc12. The Hall–Kier alpha value is -3.26. The number of hydrogen-bond acceptors (Lipinski definition) is 8. The van der Waals surface area contributed by atoms with Gasteiger partial charge >= 0.3 is 5.97 Å². The van der Waals surface area contributed by atoms with Crippen LogP contribution >= 0.6 is 0 Å². The molecule has 0 aliphatic carbocycles. The van der Waals surface area contributed by atoms with Gasteiger partial charge in [0.1, 0.15) is 17.7 Å². The topological polar surface area (TPSA) is 112 Å². The fourth-order valence-corrected chi connectivity index (χ4v) is 3.61. The van der Waals surface area contributed by atoms with Crippen LogP contribution in [0.25, 0.3) is 10.8 Å². The van der Waals surface area contributed by atoms with Crippen LogP contribution in [0.4, 0.5) is 11.6 Å². The monoisotopic (exact) mass is 407 g/mol. The lowest BCUT2D eigenvalue weighted by atomic mass is 9.93. The van der Waals surface area contributed by atoms with Gasteiger partial charge in [0, 0.05) is 23.9 Å². The van der Waals surface area contributed by atoms with Crippen LogP contribution < -0.4 is 15.8 Å². The number of nitrogens with two attached hydrogens (primary N) is 1. The van der Waals surface area contributed by atoms with Gasteiger partial charge in [0.2, 0.25) is 5.88 Å². The van der Waals surface area contributed by atoms with Gasteiger partial charge in [0.25, 0.3) is 0 Å². The first-order valence-corrected chi connectivity index (χ1v) is 9.80. The summed E-state index contributed by atoms with van der Waals surface area (Å²) in [7, 11) is 1.57. The number of pyridine rings is 3. The van der Waals surface area contributed by atoms with Crippen molar-refractivity contribution in [1.82, 2.24) is 15.0 Å². The van der Waals surface area contributed by atoms with Gasteiger partial charge in [-0.25, -0.2) is 19.7 Å². The summed E-state index contributed by atoms with van der Waals surface area (Å²) in [5, 5.41) is 4.91. The third-order valence-electron chi connectivity index (χ3n) is 5.45. The molecule has 0 radical (unpaired) electrons. The number of carbonyl (C=O) groups excluding carboxylic acids is 1. The molecule has 1 aliphatic heterocycles. The molecule has 30 heavy (non-hydrogen) atoms. The predicted molar refractivity (Wildman–Crippen MR) is 114 cm³/mol. The van der Waals surface area contributed by atoms with Gasteiger partial charge in [-0.2, -0.15) is 0 Å². The van der Waals surface area contributed by atoms with Crippen molar-refractivity contribution in [1.29, 1.82) is 0 Å². The fourth-order valence-electron chi connectivity index (χ4n) is 3.61. The Balaban J connectivity index is 1.76. The predicted octanol–water partition coefficient (Wildman–Crippen LogP) is 3.63. The molecular weight excluding hydrogens is 382 g/mol. The number of cyclic esters (lactones) is 1. The van der Waals surface area contributed by atoms with Crippen molar-refractivity contribution in [2.24, 2.45) is 5.73 Å². The molecule has 3 aromatic heterocycles. The van der Waals surface area contributed by atoms with Crippen LogP contribution in [-0.4, -0.2) is 34.1 Å². The number of nitrogens with one attached hydrogen (secondary N) is 1. The smallest absolute Gasteiger partial charge is 0.340 e. The Morgan fingerprint density at radius 2 is 1.90 bits per heavy atom. The summed E-state index contributed by atoms with van der Waals surface area (Å²) in [4.78, 5) is 25.6. The Labute approximate surface area is 174 Å². The average Bonchev–Trinajstić information content (AvgIpc) is 2.70. The number of fused-ring (bicyclic) bond motifs is 2. The van der Waals surface area contributed by atoms with Gasteiger partial charge in [0.15, 0.2) is 0 Å². The second-order valence-electron chi connectivity index (χ2n) is 8.17. The Kier molecular flexibility index (Phi) is 4.82. The number of esters is 1. The summed E-state index contributed by atoms with van der Waals surface area (Å²) in [6.07, 6.45) is 3.22. The van der Waals surface area contributed by atoms with Gasteiger partial charge in [-0.3, -0.25) is 0 Å². The molecule has 1 aliphatic rings. The van der Waals surface area contributed by atoms with Gasteiger partial charge in [0.05, 0.1) is 23.8 Å². The Morgan fingerprint density at radius 3 is 2.60 bits per heavy atom. The second kappa shape index (κ2) is 7.21. The van der Waals surface area contributed by atoms with Crippen LogP contribution in [-0.2, 0) is 10.3 Å². The van der Waals surface area contributed by atoms with Crippen LogP contribution in [0.5, 0.6) is 5.88 Å². The van der Waals surface area contributed by atoms with E-state index in [1.165, 1.54) is 0 Å². The molecule has 3 N–H and O–H groups in total. The number of carbonyl (C=O) groups is 1. The molecule has 156 valence electrons. The molecule has 8 heteroatoms. The zero-order valence-corrected chi connectivity index (χ0v) is 17.7. The first-order chi connectivity index (χ1) is 14.2. The number of nitrogens with zero attached hydrogens (tertiary/aromatic N) is 3. The molecule has 0 fully saturated rings. The van der Waals surface area contributed by atoms with Crippen molar-refractivity contribution in [3.05, 3.63) is 47.4 Å². The zero-order valence-electron chi connectivity index (χ0n) is 17.7. The van der Waals surface area contributed by atoms with E-state index < -0.39 is 5.54 Å². The molecule has 0 unspecified atom stereocenters. The highest BCUT2D eigenvalue weighted by atomic mass is 16.5. The lowest BCUT2D eigenvalue weighted by Crippen LogP contribution is -2.29. The molecule has 0 saturated heterocycles. The number of rotatable bonds is 4. The Bertz CT molecular complexity index is 1140. The number of methoxy groups -OCH3 is 1. The van der Waals surface area contributed by atoms with Gasteiger partial charge in [-0.1, -0.05) is 6.92 Å². The minimum Gasteiger partial charge on any atom is -0.481 e. The fraction of sp³-hybridized carbons (Fsp3) is 0.364. The maximum Gasteiger partial charge on any atom is 0.340 e. The summed E-state index contributed by atoms with van der Waals surface area (Å²) >= 11 is 0. The molecule has 0 saturated carbocycles. The normalized spacial score (nSPS) is 18.7. The van der Waals surface area contributed by atoms with Crippen LogP contribution in [0, 0.1) is 0 Å². The molecule has 2 atom stereocenters. The molecule has 0 amide bonds. The van der Waals surface area contributed by atoms with E-state index in [-0.39, 0.29) is 18.0 Å². The largest absolute Gasteiger partial charge is 0.481 e. The molecule has 3 aromatic rings. The summed E-state index contributed by atoms with van der Waals surface area (Å²) in [6.45, 7) is 7.72. The molecule has 4 rings (SSSR count). The lowest BCUT2D eigenvalue weighted by molar-refractivity contribution is 0.0235. The van der Waals surface area contributed by atoms with Gasteiger partial charge < -0.3 is 20.5 Å². The lowest BCUT2D eigenvalue weighted by Gasteiger charge is -2.27. The molecule has 0 spiro atoms. The molecule has 8 nitrogen and oxygen atoms in total. The van der Waals surface area contributed by atoms with Crippen LogP contribution in [0.1, 0.15) is 55.2 Å². The maximum absolute atomic E-state index is 12.1. The van der Waals surface area contributed by atoms with Crippen LogP contribution in [0.2, 0.25) is 0 Å². The minimum absolute atomic E-state index is 0.00369. The highest BCUT2D eigenvalue weighted by Crippen LogP contribution is 2.34. The summed E-state index contributed by atoms with van der Waals surface area (Å²) < 4.78 is 10.7. The zero-order chi connectivity index (χ0) is 21.6. The van der Waals surface area contributed by atoms with E-state index in [4.69, 9.17) is 15.2 Å². The van der Waals surface area contributed by atoms with Crippen molar-refractivity contribution in [2.45, 2.75) is 45.3 Å². The van der Waals surface area contributed by atoms with E-state index in [2.05, 4.69) is 20.3 Å². The standard InChI is InChI=1S/C22H25N5O3/c1-11-12(2)30-21(28)13-6-7-17(27-19(11)13)26-18-8-14-15(9-24-18)20(29-5)25-10-16(14)22(3,4)23/h6-12H,23H2,1-5H3,(H,24,26,27)/t11-,12+/m1/s1. The van der Waals surface area contributed by atoms with Gasteiger partial charge in [-0.05, 0) is 49.9 Å². The molecular formula is C22H25N5O3. The van der Waals surface area contributed by atoms with E-state index in [1.807, 2.05) is 33.8 Å². The van der Waals surface area contributed by atoms with Gasteiger partial charge in [-0.15, -0.1) is 0 Å². The quantitative estimate of drug-likeness (QED) is 0.631. The van der Waals surface area contributed by atoms with Crippen molar-refractivity contribution >= 4 is 28.4 Å². The summed E-state index contributed by atoms with van der Waals surface area (Å²) in [6, 6.07) is 5.39. The highest BCUT2D eigenvalue weighted by molar-refractivity contribution is 5.93. The first-order valence-electron chi connectivity index (χ1n) is 9.80. The van der Waals surface area contributed by atoms with E-state index in [9.17, 15) is 4.79 Å². The summed E-state index contributed by atoms with van der Waals surface area (Å²) in [5.41, 5.74) is 7.87. The van der Waals surface area contributed by atoms with Crippen molar-refractivity contribution in [3.63, 3.8) is 0 Å². The third-order valence-corrected chi connectivity index (χ3v) is 5.45. The average molecular weight is 407 g/mol. The molecule has 4 heterocycles. The van der Waals surface area contributed by atoms with E-state index >= 15 is 0 Å². The highest BCUT2D eigenvalue weighted by Gasteiger charge is 2.31. The van der Waals surface area contributed by atoms with Crippen LogP contribution in [0.3, 0.4) is 0 Å². The minimum atomic E-state index is -0.591. The van der Waals surface area contributed by atoms with Crippen LogP contribution in [0.15, 0.2) is 30.6 Å². The van der Waals surface area contributed by atoms with Crippen molar-refractivity contribution < 1.29 is 14.3 Å². The molecule has 0 bridgehead atoms. The third kappa shape index (κ3) is 3.43. The number of aromatic nitrogens is 3. The number of hydrogen-bond donors (Lipinski definition) is 2. The number of ether oxygens (including phenoxy) is 2. The molecule has 0 aromatic carbocycles. The maximum atomic E-state index is 12.1. The second-order valence-corrected chi connectivity index (χ2v) is 8.17. The van der Waals surface area contributed by atoms with Crippen molar-refractivity contribution in [2.75, 3.05) is 12.4 Å². The van der Waals surface area contributed by atoms with E-state index in [1.54, 1.807) is 31.6 Å². The van der Waals surface area contributed by atoms with Crippen molar-refractivity contribution in [3.8, 4) is 5.88 Å².